The quantitative estimate of drug-likeness (QED) is 0.174. The highest BCUT2D eigenvalue weighted by Gasteiger charge is 2.24. The van der Waals surface area contributed by atoms with Gasteiger partial charge in [0, 0.05) is 53.9 Å². The summed E-state index contributed by atoms with van der Waals surface area (Å²) in [7, 11) is 0. The Hall–Kier alpha value is -9.12. The highest BCUT2D eigenvalue weighted by Crippen LogP contribution is 2.48. The molecule has 0 unspecified atom stereocenters. The Morgan fingerprint density at radius 3 is 1.29 bits per heavy atom. The number of nitrogens with zero attached hydrogens (tertiary/aromatic N) is 1. The second kappa shape index (κ2) is 12.4. The second-order valence-corrected chi connectivity index (χ2v) is 18.8. The molecule has 4 nitrogen and oxygen atoms in total. The van der Waals surface area contributed by atoms with Crippen LogP contribution in [0.1, 0.15) is 0 Å². The molecule has 0 bridgehead atoms. The van der Waals surface area contributed by atoms with E-state index in [4.69, 9.17) is 13.3 Å². The Morgan fingerprint density at radius 2 is 0.676 bits per heavy atom. The van der Waals surface area contributed by atoms with E-state index in [0.29, 0.717) is 0 Å². The Morgan fingerprint density at radius 1 is 0.235 bits per heavy atom. The fraction of sp³-hybridized carbons (Fsp3) is 0. The SMILES string of the molecule is c1ccc2cc3c(cc2c1)oc1ccc(-c2ccc4cc5c6cc7oc8ccccc8c7c7c8cc9ccc(-c%10ccc%11oc%12cc%13ccccc%13cc%12c%11c%10)cc9cc8n(c5cc4c2)c67)cc13. The summed E-state index contributed by atoms with van der Waals surface area (Å²) < 4.78 is 22.0. The first-order chi connectivity index (χ1) is 33.6. The summed E-state index contributed by atoms with van der Waals surface area (Å²) in [6, 6.07) is 73.2. The normalized spacial score (nSPS) is 12.7. The van der Waals surface area contributed by atoms with Gasteiger partial charge in [0.05, 0.1) is 16.6 Å². The van der Waals surface area contributed by atoms with Crippen molar-refractivity contribution in [3.05, 3.63) is 200 Å². The Bertz CT molecular complexity index is 5100. The minimum absolute atomic E-state index is 0.901. The molecule has 0 atom stereocenters. The number of furan rings is 3. The smallest absolute Gasteiger partial charge is 0.136 e. The number of hydrogen-bond acceptors (Lipinski definition) is 3. The molecule has 17 rings (SSSR count). The van der Waals surface area contributed by atoms with Crippen molar-refractivity contribution in [3.8, 4) is 22.3 Å². The molecule has 0 saturated heterocycles. The maximum atomic E-state index is 6.69. The average molecular weight is 864 g/mol. The van der Waals surface area contributed by atoms with Crippen molar-refractivity contribution in [1.29, 1.82) is 0 Å². The number of rotatable bonds is 2. The molecule has 0 spiro atoms. The second-order valence-electron chi connectivity index (χ2n) is 18.8. The van der Waals surface area contributed by atoms with Gasteiger partial charge in [-0.05, 0) is 162 Å². The van der Waals surface area contributed by atoms with Gasteiger partial charge in [-0.2, -0.15) is 0 Å². The molecule has 4 heteroatoms. The number of fused-ring (bicyclic) bond motifs is 20. The lowest BCUT2D eigenvalue weighted by molar-refractivity contribution is 0.669. The molecular weight excluding hydrogens is 831 g/mol. The fourth-order valence-corrected chi connectivity index (χ4v) is 11.9. The molecule has 312 valence electrons. The Balaban J connectivity index is 0.888. The summed E-state index contributed by atoms with van der Waals surface area (Å²) in [6.45, 7) is 0. The third-order valence-electron chi connectivity index (χ3n) is 15.2. The highest BCUT2D eigenvalue weighted by atomic mass is 16.3. The predicted molar refractivity (Wildman–Crippen MR) is 284 cm³/mol. The number of aromatic nitrogens is 1. The van der Waals surface area contributed by atoms with Crippen LogP contribution in [0.15, 0.2) is 213 Å². The summed E-state index contributed by atoms with van der Waals surface area (Å²) in [5.41, 5.74) is 13.7. The molecule has 0 aliphatic heterocycles. The maximum Gasteiger partial charge on any atom is 0.136 e. The lowest BCUT2D eigenvalue weighted by atomic mass is 9.96. The van der Waals surface area contributed by atoms with Gasteiger partial charge >= 0.3 is 0 Å². The molecule has 17 aromatic rings. The largest absolute Gasteiger partial charge is 0.456 e. The summed E-state index contributed by atoms with van der Waals surface area (Å²) in [5, 5.41) is 21.3. The first kappa shape index (κ1) is 35.2. The standard InChI is InChI=1S/C64H33NO3/c1-3-9-36-31-59-50(24-34(36)7-1)48-26-40(17-19-57(48)66-59)38-13-15-42-23-47-52-33-61-62(46-11-5-6-12-56(46)68-61)63-53-28-43-16-14-39(22-45(43)30-55(53)65(64(52)63)54(47)29-44(42)21-38)41-18-20-58-49(27-41)51-25-35-8-2-4-10-37(35)32-60(51)67-58/h1-33H. The van der Waals surface area contributed by atoms with Crippen molar-refractivity contribution in [2.45, 2.75) is 0 Å². The predicted octanol–water partition coefficient (Wildman–Crippen LogP) is 18.5. The molecule has 0 aliphatic rings. The van der Waals surface area contributed by atoms with E-state index in [-0.39, 0.29) is 0 Å². The molecule has 5 aromatic heterocycles. The van der Waals surface area contributed by atoms with Gasteiger partial charge in [0.15, 0.2) is 0 Å². The molecule has 0 fully saturated rings. The van der Waals surface area contributed by atoms with Crippen LogP contribution >= 0.6 is 0 Å². The van der Waals surface area contributed by atoms with E-state index in [0.717, 1.165) is 71.6 Å². The van der Waals surface area contributed by atoms with E-state index >= 15 is 0 Å². The van der Waals surface area contributed by atoms with Crippen molar-refractivity contribution < 1.29 is 13.3 Å². The van der Waals surface area contributed by atoms with Crippen molar-refractivity contribution >= 4 is 147 Å². The monoisotopic (exact) mass is 863 g/mol. The van der Waals surface area contributed by atoms with Gasteiger partial charge in [-0.15, -0.1) is 0 Å². The zero-order chi connectivity index (χ0) is 43.9. The van der Waals surface area contributed by atoms with Crippen molar-refractivity contribution in [3.63, 3.8) is 0 Å². The van der Waals surface area contributed by atoms with Crippen LogP contribution in [0.3, 0.4) is 0 Å². The summed E-state index contributed by atoms with van der Waals surface area (Å²) >= 11 is 0. The molecule has 0 amide bonds. The minimum Gasteiger partial charge on any atom is -0.456 e. The van der Waals surface area contributed by atoms with E-state index < -0.39 is 0 Å². The molecule has 0 aliphatic carbocycles. The van der Waals surface area contributed by atoms with Gasteiger partial charge < -0.3 is 17.7 Å². The number of benzene rings is 12. The van der Waals surface area contributed by atoms with Crippen LogP contribution in [0.2, 0.25) is 0 Å². The van der Waals surface area contributed by atoms with Crippen LogP contribution in [-0.2, 0) is 0 Å². The van der Waals surface area contributed by atoms with Gasteiger partial charge in [0.25, 0.3) is 0 Å². The lowest BCUT2D eigenvalue weighted by Gasteiger charge is -2.08. The average Bonchev–Trinajstić information content (AvgIpc) is 4.18. The molecule has 0 N–H and O–H groups in total. The zero-order valence-corrected chi connectivity index (χ0v) is 36.2. The zero-order valence-electron chi connectivity index (χ0n) is 36.2. The third kappa shape index (κ3) is 4.63. The topological polar surface area (TPSA) is 43.8 Å². The van der Waals surface area contributed by atoms with Crippen LogP contribution in [-0.4, -0.2) is 4.40 Å². The molecule has 12 aromatic carbocycles. The van der Waals surface area contributed by atoms with E-state index in [1.807, 2.05) is 0 Å². The van der Waals surface area contributed by atoms with E-state index in [9.17, 15) is 0 Å². The molecule has 5 heterocycles. The fourth-order valence-electron chi connectivity index (χ4n) is 11.9. The van der Waals surface area contributed by atoms with Crippen LogP contribution in [0.5, 0.6) is 0 Å². The van der Waals surface area contributed by atoms with E-state index in [1.54, 1.807) is 0 Å². The first-order valence-electron chi connectivity index (χ1n) is 23.3. The van der Waals surface area contributed by atoms with Gasteiger partial charge in [-0.3, -0.25) is 0 Å². The van der Waals surface area contributed by atoms with Crippen molar-refractivity contribution in [2.75, 3.05) is 0 Å². The van der Waals surface area contributed by atoms with Gasteiger partial charge in [0.1, 0.15) is 33.5 Å². The van der Waals surface area contributed by atoms with Crippen molar-refractivity contribution in [1.82, 2.24) is 4.40 Å². The molecule has 0 radical (unpaired) electrons. The van der Waals surface area contributed by atoms with Crippen LogP contribution in [0.25, 0.3) is 169 Å². The van der Waals surface area contributed by atoms with Crippen LogP contribution < -0.4 is 0 Å². The number of para-hydroxylation sites is 1. The van der Waals surface area contributed by atoms with E-state index in [1.165, 1.54) is 97.7 Å². The van der Waals surface area contributed by atoms with Gasteiger partial charge in [-0.25, -0.2) is 0 Å². The molecule has 0 saturated carbocycles. The maximum absolute atomic E-state index is 6.69. The highest BCUT2D eigenvalue weighted by molar-refractivity contribution is 6.36. The Kier molecular flexibility index (Phi) is 6.42. The molecular formula is C64H33NO3. The Labute approximate surface area is 385 Å². The van der Waals surface area contributed by atoms with Gasteiger partial charge in [0.2, 0.25) is 0 Å². The summed E-state index contributed by atoms with van der Waals surface area (Å²) in [4.78, 5) is 0. The van der Waals surface area contributed by atoms with Crippen LogP contribution in [0, 0.1) is 0 Å². The third-order valence-corrected chi connectivity index (χ3v) is 15.2. The summed E-state index contributed by atoms with van der Waals surface area (Å²) in [6.07, 6.45) is 0. The lowest BCUT2D eigenvalue weighted by Crippen LogP contribution is -1.84. The minimum atomic E-state index is 0.901. The van der Waals surface area contributed by atoms with Crippen molar-refractivity contribution in [2.24, 2.45) is 0 Å². The van der Waals surface area contributed by atoms with Gasteiger partial charge in [-0.1, -0.05) is 103 Å². The van der Waals surface area contributed by atoms with Crippen LogP contribution in [0.4, 0.5) is 0 Å². The first-order valence-corrected chi connectivity index (χ1v) is 23.3. The molecule has 68 heavy (non-hydrogen) atoms. The summed E-state index contributed by atoms with van der Waals surface area (Å²) in [5.74, 6) is 0. The van der Waals surface area contributed by atoms with E-state index in [2.05, 4.69) is 205 Å². The number of hydrogen-bond donors (Lipinski definition) is 0.